The van der Waals surface area contributed by atoms with Crippen LogP contribution < -0.4 is 27.7 Å². The van der Waals surface area contributed by atoms with Gasteiger partial charge >= 0.3 is 0 Å². The largest absolute Gasteiger partial charge is 0.394 e. The number of aromatic nitrogens is 12. The van der Waals surface area contributed by atoms with E-state index in [1.54, 1.807) is 32.9 Å². The summed E-state index contributed by atoms with van der Waals surface area (Å²) in [5.74, 6) is -1.01. The van der Waals surface area contributed by atoms with Gasteiger partial charge in [0.25, 0.3) is 5.56 Å². The molecule has 0 aliphatic heterocycles. The van der Waals surface area contributed by atoms with Crippen LogP contribution in [-0.2, 0) is 14.2 Å². The first-order valence-electron chi connectivity index (χ1n) is 28.2. The number of aryl methyl sites for hydroxylation is 3. The van der Waals surface area contributed by atoms with Crippen molar-refractivity contribution in [2.75, 3.05) is 56.0 Å². The number of nitrogen functional groups attached to an aromatic ring is 1. The highest BCUT2D eigenvalue weighted by Crippen LogP contribution is 2.44. The van der Waals surface area contributed by atoms with Crippen molar-refractivity contribution in [2.45, 2.75) is 157 Å². The van der Waals surface area contributed by atoms with Crippen molar-refractivity contribution >= 4 is 51.3 Å². The fourth-order valence-corrected chi connectivity index (χ4v) is 11.1. The molecule has 0 radical (unpaired) electrons. The minimum absolute atomic E-state index is 0. The zero-order chi connectivity index (χ0) is 63.4. The Hall–Kier alpha value is -6.83. The maximum absolute atomic E-state index is 13.6. The van der Waals surface area contributed by atoms with Crippen molar-refractivity contribution in [3.8, 4) is 0 Å². The second-order valence-corrected chi connectivity index (χ2v) is 22.2. The summed E-state index contributed by atoms with van der Waals surface area (Å²) in [5, 5.41) is 110. The molecule has 0 unspecified atom stereocenters. The minimum atomic E-state index is -1.15. The Morgan fingerprint density at radius 3 is 1.57 bits per heavy atom. The van der Waals surface area contributed by atoms with Gasteiger partial charge in [0, 0.05) is 36.8 Å². The number of anilines is 3. The second-order valence-electron chi connectivity index (χ2n) is 21.9. The smallest absolute Gasteiger partial charge is 0.281 e. The van der Waals surface area contributed by atoms with Gasteiger partial charge in [0.1, 0.15) is 59.8 Å². The van der Waals surface area contributed by atoms with Crippen LogP contribution in [0, 0.1) is 44.0 Å². The van der Waals surface area contributed by atoms with Gasteiger partial charge in [-0.25, -0.2) is 51.8 Å². The van der Waals surface area contributed by atoms with Crippen LogP contribution in [0.3, 0.4) is 0 Å². The fourth-order valence-electron chi connectivity index (χ4n) is 10.9. The molecule has 5 aliphatic rings. The van der Waals surface area contributed by atoms with Crippen LogP contribution >= 0.6 is 11.6 Å². The number of halogens is 5. The lowest BCUT2D eigenvalue weighted by molar-refractivity contribution is -0.0629. The fraction of sp³-hybridized carbons (Fsp3) is 0.564. The van der Waals surface area contributed by atoms with Crippen LogP contribution in [0.2, 0.25) is 5.15 Å². The molecule has 0 saturated heterocycles. The van der Waals surface area contributed by atoms with E-state index in [1.165, 1.54) is 21.5 Å². The summed E-state index contributed by atoms with van der Waals surface area (Å²) in [7, 11) is 0. The molecular formula is C55H73ClF4N16O13. The van der Waals surface area contributed by atoms with Crippen LogP contribution in [0.1, 0.15) is 92.1 Å². The number of aliphatic hydroxyl groups is 9. The minimum Gasteiger partial charge on any atom is -0.394 e. The molecule has 486 valence electrons. The third-order valence-electron chi connectivity index (χ3n) is 15.6. The molecule has 5 aliphatic carbocycles. The molecule has 5 aromatic heterocycles. The molecule has 2 aromatic carbocycles. The molecule has 5 saturated carbocycles. The van der Waals surface area contributed by atoms with E-state index in [-0.39, 0.29) is 106 Å². The molecule has 0 spiro atoms. The van der Waals surface area contributed by atoms with Crippen molar-refractivity contribution < 1.29 is 77.7 Å². The van der Waals surface area contributed by atoms with Gasteiger partial charge in [-0.05, 0) is 75.4 Å². The van der Waals surface area contributed by atoms with E-state index in [0.717, 1.165) is 30.5 Å². The van der Waals surface area contributed by atoms with Crippen LogP contribution in [-0.4, -0.2) is 219 Å². The predicted octanol–water partition coefficient (Wildman–Crippen LogP) is 0.407. The molecule has 16 N–H and O–H groups in total. The van der Waals surface area contributed by atoms with Crippen molar-refractivity contribution in [1.82, 2.24) is 59.9 Å². The summed E-state index contributed by atoms with van der Waals surface area (Å²) in [6.07, 6.45) is -5.96. The van der Waals surface area contributed by atoms with Gasteiger partial charge in [-0.2, -0.15) is 0 Å². The summed E-state index contributed by atoms with van der Waals surface area (Å²) in [4.78, 5) is 35.5. The molecule has 29 nitrogen and oxygen atoms in total. The Bertz CT molecular complexity index is 3600. The number of H-pyrrole nitrogens is 1. The first-order valence-corrected chi connectivity index (χ1v) is 28.5. The number of nitrogens with zero attached hydrogens (tertiary/aromatic N) is 11. The zero-order valence-corrected chi connectivity index (χ0v) is 48.4. The number of fused-ring (bicyclic) bond motifs is 2. The number of nitrogens with one attached hydrogen (secondary N) is 3. The Morgan fingerprint density at radius 1 is 0.596 bits per heavy atom. The number of benzene rings is 2. The SMILES string of the molecule is C.Cc1nc(Cl)c(N)c(N[C@@H]2C[C@H](OCCO)[C@@H](O)[C@H]2O)n1.Cc1nc(N[C@@H]2C[C@H]2c2ccc(F)c(F)c2)c2nnn([C@@H]3C[C@H](OCCO)[C@@H](O)[C@H]3O)c2n1.Cc1nc2c(nnn2[C@@H]2C[C@H](OCCO)[C@@H](O)[C@H]2O)c(=O)[nH]1.N[C@@H]1C[C@H]1c1ccc(F)c(F)c1. The van der Waals surface area contributed by atoms with Gasteiger partial charge < -0.3 is 87.3 Å². The van der Waals surface area contributed by atoms with Gasteiger partial charge in [0.15, 0.2) is 62.4 Å². The monoisotopic (exact) mass is 1280 g/mol. The molecule has 16 atom stereocenters. The lowest BCUT2D eigenvalue weighted by Crippen LogP contribution is -2.36. The Kier molecular flexibility index (Phi) is 22.5. The number of hydrogen-bond acceptors (Lipinski definition) is 26. The van der Waals surface area contributed by atoms with Gasteiger partial charge in [-0.1, -0.05) is 41.6 Å². The summed E-state index contributed by atoms with van der Waals surface area (Å²) in [6.45, 7) is 4.72. The maximum Gasteiger partial charge on any atom is 0.281 e. The van der Waals surface area contributed by atoms with Crippen LogP contribution in [0.5, 0.6) is 0 Å². The van der Waals surface area contributed by atoms with E-state index >= 15 is 0 Å². The summed E-state index contributed by atoms with van der Waals surface area (Å²) in [5.41, 5.74) is 13.8. The second kappa shape index (κ2) is 29.4. The zero-order valence-electron chi connectivity index (χ0n) is 47.6. The van der Waals surface area contributed by atoms with Crippen molar-refractivity contribution in [1.29, 1.82) is 0 Å². The van der Waals surface area contributed by atoms with E-state index in [2.05, 4.69) is 61.2 Å². The van der Waals surface area contributed by atoms with E-state index in [1.807, 2.05) is 0 Å². The first-order chi connectivity index (χ1) is 42.0. The molecule has 12 rings (SSSR count). The van der Waals surface area contributed by atoms with Crippen LogP contribution in [0.15, 0.2) is 41.2 Å². The third-order valence-corrected chi connectivity index (χ3v) is 15.9. The van der Waals surface area contributed by atoms with Gasteiger partial charge in [-0.3, -0.25) is 4.79 Å². The molecular weight excluding hydrogens is 1200 g/mol. The molecule has 34 heteroatoms. The van der Waals surface area contributed by atoms with Gasteiger partial charge in [0.05, 0.1) is 76.1 Å². The molecule has 5 fully saturated rings. The summed E-state index contributed by atoms with van der Waals surface area (Å²) in [6, 6.07) is 6.25. The molecule has 5 heterocycles. The number of nitrogens with two attached hydrogens (primary N) is 2. The van der Waals surface area contributed by atoms with Crippen LogP contribution in [0.4, 0.5) is 34.9 Å². The molecule has 7 aromatic rings. The highest BCUT2D eigenvalue weighted by Gasteiger charge is 2.47. The molecule has 89 heavy (non-hydrogen) atoms. The highest BCUT2D eigenvalue weighted by atomic mass is 35.5. The van der Waals surface area contributed by atoms with Gasteiger partial charge in [-0.15, -0.1) is 10.2 Å². The van der Waals surface area contributed by atoms with E-state index in [9.17, 15) is 53.0 Å². The molecule has 0 bridgehead atoms. The highest BCUT2D eigenvalue weighted by molar-refractivity contribution is 6.32. The average molecular weight is 1280 g/mol. The lowest BCUT2D eigenvalue weighted by Gasteiger charge is -2.19. The van der Waals surface area contributed by atoms with Gasteiger partial charge in [0.2, 0.25) is 0 Å². The Morgan fingerprint density at radius 2 is 1.06 bits per heavy atom. The van der Waals surface area contributed by atoms with Crippen LogP contribution in [0.25, 0.3) is 22.3 Å². The average Bonchev–Trinajstić information content (AvgIpc) is 1.86. The maximum atomic E-state index is 13.6. The summed E-state index contributed by atoms with van der Waals surface area (Å²) < 4.78 is 70.8. The van der Waals surface area contributed by atoms with E-state index in [4.69, 9.17) is 52.6 Å². The Labute approximate surface area is 510 Å². The first kappa shape index (κ1) is 68.1. The summed E-state index contributed by atoms with van der Waals surface area (Å²) >= 11 is 5.89. The standard InChI is InChI=1S/C21H24F2N6O4.C12H19ClN4O4.C12H17N5O5.C9H9F2N.CH4/c1-9-24-20(26-14-7-11(14)10-2-3-12(22)13(23)6-10)17-21(25-9)29(28-27-17)15-8-16(33-5-4-30)19(32)18(15)31;1-5-15-11(13)8(14)12(16-5)17-6-4-7(21-3-2-18)10(20)9(6)19;1-5-13-11-8(12(21)14-5)15-16-17(11)6-4-7(22-3-2-18)10(20)9(6)19;10-7-2-1-5(3-8(7)11)6-4-9(6)12;/h2-3,6,11,14-16,18-19,30-32H,4-5,7-8H2,1H3,(H,24,25,26);6-7,9-10,18-20H,2-4,14H2,1H3,(H,15,16,17);6-7,9-10,18-20H,2-4H2,1H3,(H,13,14,21);1-3,6,9H,4,12H2;1H4/t11-,14+,15+,16-,18-,19+;2*6-,7+,9+,10-;6-,9+;/m0110./s1. The predicted molar refractivity (Wildman–Crippen MR) is 310 cm³/mol. The topological polar surface area (TPSA) is 445 Å². The lowest BCUT2D eigenvalue weighted by atomic mass is 10.1. The molecule has 0 amide bonds. The van der Waals surface area contributed by atoms with Crippen molar-refractivity contribution in [2.24, 2.45) is 5.73 Å². The normalized spacial score (nSPS) is 28.3. The third kappa shape index (κ3) is 15.5. The number of ether oxygens (including phenoxy) is 3. The van der Waals surface area contributed by atoms with Crippen molar-refractivity contribution in [3.63, 3.8) is 0 Å². The van der Waals surface area contributed by atoms with E-state index in [0.29, 0.717) is 52.3 Å². The quantitative estimate of drug-likeness (QED) is 0.0434. The number of aliphatic hydroxyl groups excluding tert-OH is 9. The van der Waals surface area contributed by atoms with Crippen molar-refractivity contribution in [3.05, 3.63) is 104 Å². The van der Waals surface area contributed by atoms with E-state index < -0.39 is 102 Å². The number of rotatable bonds is 17. The number of hydrogen-bond donors (Lipinski definition) is 14. The Balaban J connectivity index is 0.000000161. The number of aromatic amines is 1.